The van der Waals surface area contributed by atoms with Crippen molar-refractivity contribution in [2.75, 3.05) is 38.1 Å². The highest BCUT2D eigenvalue weighted by Gasteiger charge is 2.17. The number of aryl methyl sites for hydroxylation is 1. The molecule has 3 rings (SSSR count). The molecule has 1 saturated heterocycles. The van der Waals surface area contributed by atoms with Gasteiger partial charge in [0.25, 0.3) is 0 Å². The molecule has 166 valence electrons. The van der Waals surface area contributed by atoms with Gasteiger partial charge in [-0.3, -0.25) is 0 Å². The van der Waals surface area contributed by atoms with Crippen molar-refractivity contribution in [2.24, 2.45) is 4.99 Å². The molecule has 3 N–H and O–H groups in total. The number of aliphatic imine (C=N–C) groups is 1. The summed E-state index contributed by atoms with van der Waals surface area (Å²) in [6.45, 7) is 8.24. The molecule has 0 aliphatic carbocycles. The van der Waals surface area contributed by atoms with Crippen molar-refractivity contribution >= 4 is 17.7 Å². The number of anilines is 1. The van der Waals surface area contributed by atoms with Crippen molar-refractivity contribution in [3.63, 3.8) is 0 Å². The molecule has 0 bridgehead atoms. The summed E-state index contributed by atoms with van der Waals surface area (Å²) in [6.07, 6.45) is 2.16. The zero-order valence-corrected chi connectivity index (χ0v) is 18.5. The summed E-state index contributed by atoms with van der Waals surface area (Å²) in [5.74, 6) is 1.60. The van der Waals surface area contributed by atoms with Crippen LogP contribution in [0, 0.1) is 6.92 Å². The first kappa shape index (κ1) is 22.5. The minimum absolute atomic E-state index is 0.0262. The van der Waals surface area contributed by atoms with Crippen LogP contribution in [0.1, 0.15) is 30.9 Å². The van der Waals surface area contributed by atoms with Crippen molar-refractivity contribution in [2.45, 2.75) is 33.2 Å². The van der Waals surface area contributed by atoms with Gasteiger partial charge < -0.3 is 25.6 Å². The Kier molecular flexibility index (Phi) is 8.58. The Balaban J connectivity index is 1.48. The van der Waals surface area contributed by atoms with E-state index in [9.17, 15) is 4.79 Å². The summed E-state index contributed by atoms with van der Waals surface area (Å²) < 4.78 is 5.76. The third-order valence-corrected chi connectivity index (χ3v) is 5.02. The largest absolute Gasteiger partial charge is 0.492 e. The van der Waals surface area contributed by atoms with Crippen LogP contribution in [-0.4, -0.2) is 49.7 Å². The van der Waals surface area contributed by atoms with E-state index < -0.39 is 0 Å². The Labute approximate surface area is 184 Å². The van der Waals surface area contributed by atoms with Crippen LogP contribution in [0.3, 0.4) is 0 Å². The fourth-order valence-electron chi connectivity index (χ4n) is 3.36. The SMILES string of the molecule is CCNC(=NCc1cccc(NC(=O)N2CCCC2)c1)NCCOc1ccc(C)cc1. The lowest BCUT2D eigenvalue weighted by Gasteiger charge is -2.16. The quantitative estimate of drug-likeness (QED) is 0.343. The molecule has 0 saturated carbocycles. The van der Waals surface area contributed by atoms with E-state index in [1.807, 2.05) is 60.4 Å². The van der Waals surface area contributed by atoms with Crippen LogP contribution in [-0.2, 0) is 6.54 Å². The van der Waals surface area contributed by atoms with Gasteiger partial charge in [0.05, 0.1) is 13.1 Å². The van der Waals surface area contributed by atoms with E-state index in [2.05, 4.69) is 27.9 Å². The Morgan fingerprint density at radius 1 is 1.10 bits per heavy atom. The maximum atomic E-state index is 12.3. The summed E-state index contributed by atoms with van der Waals surface area (Å²) in [6, 6.07) is 15.8. The number of ether oxygens (including phenoxy) is 1. The molecule has 0 radical (unpaired) electrons. The number of hydrogen-bond acceptors (Lipinski definition) is 3. The van der Waals surface area contributed by atoms with E-state index in [1.165, 1.54) is 5.56 Å². The fourth-order valence-corrected chi connectivity index (χ4v) is 3.36. The van der Waals surface area contributed by atoms with Gasteiger partial charge in [-0.1, -0.05) is 29.8 Å². The van der Waals surface area contributed by atoms with Crippen LogP contribution < -0.4 is 20.7 Å². The zero-order valence-electron chi connectivity index (χ0n) is 18.5. The smallest absolute Gasteiger partial charge is 0.321 e. The lowest BCUT2D eigenvalue weighted by Crippen LogP contribution is -2.39. The molecule has 1 aliphatic heterocycles. The molecule has 2 amide bonds. The number of guanidine groups is 1. The molecule has 1 heterocycles. The summed E-state index contributed by atoms with van der Waals surface area (Å²) in [7, 11) is 0. The number of likely N-dealkylation sites (tertiary alicyclic amines) is 1. The molecule has 31 heavy (non-hydrogen) atoms. The molecule has 0 spiro atoms. The van der Waals surface area contributed by atoms with Gasteiger partial charge in [0, 0.05) is 25.3 Å². The third-order valence-electron chi connectivity index (χ3n) is 5.02. The molecule has 0 aromatic heterocycles. The molecule has 7 nitrogen and oxygen atoms in total. The van der Waals surface area contributed by atoms with Crippen LogP contribution in [0.2, 0.25) is 0 Å². The van der Waals surface area contributed by atoms with Crippen LogP contribution in [0.25, 0.3) is 0 Å². The summed E-state index contributed by atoms with van der Waals surface area (Å²) >= 11 is 0. The number of hydrogen-bond donors (Lipinski definition) is 3. The van der Waals surface area contributed by atoms with Crippen molar-refractivity contribution in [1.29, 1.82) is 0 Å². The highest BCUT2D eigenvalue weighted by atomic mass is 16.5. The first-order chi connectivity index (χ1) is 15.1. The summed E-state index contributed by atoms with van der Waals surface area (Å²) in [5.41, 5.74) is 3.05. The number of rotatable bonds is 8. The molecule has 0 unspecified atom stereocenters. The Morgan fingerprint density at radius 3 is 2.61 bits per heavy atom. The van der Waals surface area contributed by atoms with Gasteiger partial charge in [0.2, 0.25) is 0 Å². The van der Waals surface area contributed by atoms with Gasteiger partial charge in [-0.15, -0.1) is 0 Å². The second-order valence-electron chi connectivity index (χ2n) is 7.61. The highest BCUT2D eigenvalue weighted by Crippen LogP contribution is 2.15. The first-order valence-corrected chi connectivity index (χ1v) is 11.0. The van der Waals surface area contributed by atoms with Gasteiger partial charge in [-0.2, -0.15) is 0 Å². The van der Waals surface area contributed by atoms with Crippen molar-refractivity contribution in [1.82, 2.24) is 15.5 Å². The second-order valence-corrected chi connectivity index (χ2v) is 7.61. The molecule has 1 fully saturated rings. The zero-order chi connectivity index (χ0) is 21.9. The molecule has 0 atom stereocenters. The number of carbonyl (C=O) groups excluding carboxylic acids is 1. The van der Waals surface area contributed by atoms with Gasteiger partial charge in [-0.05, 0) is 56.5 Å². The van der Waals surface area contributed by atoms with E-state index >= 15 is 0 Å². The van der Waals surface area contributed by atoms with Gasteiger partial charge in [0.15, 0.2) is 5.96 Å². The number of nitrogens with one attached hydrogen (secondary N) is 3. The monoisotopic (exact) mass is 423 g/mol. The van der Waals surface area contributed by atoms with E-state index in [4.69, 9.17) is 4.74 Å². The predicted octanol–water partition coefficient (Wildman–Crippen LogP) is 3.76. The van der Waals surface area contributed by atoms with E-state index in [0.717, 1.165) is 55.4 Å². The Hall–Kier alpha value is -3.22. The van der Waals surface area contributed by atoms with E-state index in [1.54, 1.807) is 0 Å². The van der Waals surface area contributed by atoms with Crippen molar-refractivity contribution in [3.8, 4) is 5.75 Å². The second kappa shape index (κ2) is 11.8. The van der Waals surface area contributed by atoms with Crippen molar-refractivity contribution < 1.29 is 9.53 Å². The van der Waals surface area contributed by atoms with Gasteiger partial charge in [-0.25, -0.2) is 9.79 Å². The predicted molar refractivity (Wildman–Crippen MR) is 126 cm³/mol. The lowest BCUT2D eigenvalue weighted by atomic mass is 10.2. The van der Waals surface area contributed by atoms with Crippen LogP contribution in [0.4, 0.5) is 10.5 Å². The minimum atomic E-state index is -0.0262. The highest BCUT2D eigenvalue weighted by molar-refractivity contribution is 5.89. The fraction of sp³-hybridized carbons (Fsp3) is 0.417. The third kappa shape index (κ3) is 7.51. The number of amides is 2. The molecule has 1 aliphatic rings. The lowest BCUT2D eigenvalue weighted by molar-refractivity contribution is 0.222. The molecule has 7 heteroatoms. The minimum Gasteiger partial charge on any atom is -0.492 e. The average Bonchev–Trinajstić information content (AvgIpc) is 3.32. The topological polar surface area (TPSA) is 78.0 Å². The molecule has 2 aromatic carbocycles. The number of benzene rings is 2. The maximum Gasteiger partial charge on any atom is 0.321 e. The van der Waals surface area contributed by atoms with Gasteiger partial charge in [0.1, 0.15) is 12.4 Å². The maximum absolute atomic E-state index is 12.3. The van der Waals surface area contributed by atoms with Crippen LogP contribution >= 0.6 is 0 Å². The van der Waals surface area contributed by atoms with Crippen LogP contribution in [0.15, 0.2) is 53.5 Å². The van der Waals surface area contributed by atoms with E-state index in [-0.39, 0.29) is 6.03 Å². The Bertz CT molecular complexity index is 861. The first-order valence-electron chi connectivity index (χ1n) is 11.0. The Morgan fingerprint density at radius 2 is 1.87 bits per heavy atom. The number of urea groups is 1. The van der Waals surface area contributed by atoms with Crippen LogP contribution in [0.5, 0.6) is 5.75 Å². The standard InChI is InChI=1S/C24H33N5O2/c1-3-25-23(26-13-16-31-22-11-9-19(2)10-12-22)27-18-20-7-6-8-21(17-20)28-24(30)29-14-4-5-15-29/h6-12,17H,3-5,13-16,18H2,1-2H3,(H,28,30)(H2,25,26,27). The molecule has 2 aromatic rings. The molecular weight excluding hydrogens is 390 g/mol. The van der Waals surface area contributed by atoms with Gasteiger partial charge >= 0.3 is 6.03 Å². The summed E-state index contributed by atoms with van der Waals surface area (Å²) in [4.78, 5) is 18.8. The number of nitrogens with zero attached hydrogens (tertiary/aromatic N) is 2. The normalized spacial score (nSPS) is 13.7. The average molecular weight is 424 g/mol. The molecular formula is C24H33N5O2. The summed E-state index contributed by atoms with van der Waals surface area (Å²) in [5, 5.41) is 9.53. The number of carbonyl (C=O) groups is 1. The van der Waals surface area contributed by atoms with E-state index in [0.29, 0.717) is 19.7 Å². The van der Waals surface area contributed by atoms with Crippen molar-refractivity contribution in [3.05, 3.63) is 59.7 Å².